The van der Waals surface area contributed by atoms with Crippen LogP contribution in [0.5, 0.6) is 5.75 Å². The van der Waals surface area contributed by atoms with Crippen molar-refractivity contribution in [3.63, 3.8) is 0 Å². The first-order valence-corrected chi connectivity index (χ1v) is 6.75. The van der Waals surface area contributed by atoms with Gasteiger partial charge < -0.3 is 21.5 Å². The molecule has 0 bridgehead atoms. The van der Waals surface area contributed by atoms with Crippen molar-refractivity contribution in [1.82, 2.24) is 5.32 Å². The van der Waals surface area contributed by atoms with E-state index in [1.807, 2.05) is 0 Å². The van der Waals surface area contributed by atoms with Gasteiger partial charge in [-0.3, -0.25) is 4.55 Å². The molecule has 0 saturated carbocycles. The zero-order valence-electron chi connectivity index (χ0n) is 10.2. The van der Waals surface area contributed by atoms with Crippen molar-refractivity contribution >= 4 is 21.8 Å². The second-order valence-corrected chi connectivity index (χ2v) is 5.19. The Morgan fingerprint density at radius 1 is 1.42 bits per heavy atom. The summed E-state index contributed by atoms with van der Waals surface area (Å²) in [4.78, 5) is 10.7. The number of amides is 2. The van der Waals surface area contributed by atoms with E-state index in [9.17, 15) is 18.3 Å². The van der Waals surface area contributed by atoms with Crippen LogP contribution in [0, 0.1) is 6.92 Å². The maximum Gasteiger partial charge on any atom is 0.319 e. The van der Waals surface area contributed by atoms with Gasteiger partial charge in [-0.15, -0.1) is 0 Å². The van der Waals surface area contributed by atoms with Crippen LogP contribution in [0.1, 0.15) is 5.56 Å². The first kappa shape index (κ1) is 15.2. The third-order valence-electron chi connectivity index (χ3n) is 2.18. The highest BCUT2D eigenvalue weighted by Gasteiger charge is 2.20. The second kappa shape index (κ2) is 5.87. The Hall–Kier alpha value is -1.84. The standard InChI is InChI=1S/C10H15N3O5S/c1-6-4-7(13-10(15)12-3-2-11)9(14)8(5-6)19(16,17)18/h4-5,14H,2-3,11H2,1H3,(H2,12,13,15)(H,16,17,18). The van der Waals surface area contributed by atoms with Crippen molar-refractivity contribution in [2.24, 2.45) is 5.73 Å². The monoisotopic (exact) mass is 289 g/mol. The Kier molecular flexibility index (Phi) is 4.70. The van der Waals surface area contributed by atoms with Gasteiger partial charge in [-0.05, 0) is 24.6 Å². The minimum Gasteiger partial charge on any atom is -0.504 e. The van der Waals surface area contributed by atoms with E-state index in [2.05, 4.69) is 10.6 Å². The van der Waals surface area contributed by atoms with Gasteiger partial charge in [0.15, 0.2) is 5.75 Å². The number of hydrogen-bond acceptors (Lipinski definition) is 5. The van der Waals surface area contributed by atoms with Crippen LogP contribution in [0.15, 0.2) is 17.0 Å². The lowest BCUT2D eigenvalue weighted by Gasteiger charge is -2.11. The molecule has 19 heavy (non-hydrogen) atoms. The van der Waals surface area contributed by atoms with E-state index >= 15 is 0 Å². The number of nitrogens with one attached hydrogen (secondary N) is 2. The maximum atomic E-state index is 11.4. The van der Waals surface area contributed by atoms with E-state index in [-0.39, 0.29) is 18.8 Å². The van der Waals surface area contributed by atoms with E-state index in [1.54, 1.807) is 6.92 Å². The first-order valence-electron chi connectivity index (χ1n) is 5.31. The van der Waals surface area contributed by atoms with Gasteiger partial charge >= 0.3 is 6.03 Å². The smallest absolute Gasteiger partial charge is 0.319 e. The summed E-state index contributed by atoms with van der Waals surface area (Å²) in [6, 6.07) is 1.81. The summed E-state index contributed by atoms with van der Waals surface area (Å²) in [6.07, 6.45) is 0. The van der Waals surface area contributed by atoms with Crippen molar-refractivity contribution in [3.8, 4) is 5.75 Å². The van der Waals surface area contributed by atoms with Crippen LogP contribution in [0.2, 0.25) is 0 Å². The number of hydrogen-bond donors (Lipinski definition) is 5. The third kappa shape index (κ3) is 4.09. The molecule has 0 aliphatic rings. The molecule has 0 atom stereocenters. The quantitative estimate of drug-likeness (QED) is 0.391. The van der Waals surface area contributed by atoms with E-state index in [1.165, 1.54) is 6.07 Å². The Bertz CT molecular complexity index is 585. The Labute approximate surface area is 110 Å². The van der Waals surface area contributed by atoms with Crippen LogP contribution >= 0.6 is 0 Å². The van der Waals surface area contributed by atoms with Crippen LogP contribution in [0.25, 0.3) is 0 Å². The van der Waals surface area contributed by atoms with Crippen LogP contribution < -0.4 is 16.4 Å². The van der Waals surface area contributed by atoms with E-state index in [0.29, 0.717) is 5.56 Å². The molecule has 0 aliphatic carbocycles. The van der Waals surface area contributed by atoms with E-state index in [4.69, 9.17) is 10.3 Å². The molecule has 0 radical (unpaired) electrons. The van der Waals surface area contributed by atoms with Gasteiger partial charge in [-0.25, -0.2) is 4.79 Å². The highest BCUT2D eigenvalue weighted by Crippen LogP contribution is 2.32. The topological polar surface area (TPSA) is 142 Å². The van der Waals surface area contributed by atoms with Crippen molar-refractivity contribution in [2.75, 3.05) is 18.4 Å². The molecule has 8 nitrogen and oxygen atoms in total. The molecule has 6 N–H and O–H groups in total. The predicted octanol–water partition coefficient (Wildman–Crippen LogP) is 0.0275. The summed E-state index contributed by atoms with van der Waals surface area (Å²) >= 11 is 0. The molecule has 1 aromatic rings. The van der Waals surface area contributed by atoms with Gasteiger partial charge in [0, 0.05) is 13.1 Å². The summed E-state index contributed by atoms with van der Waals surface area (Å²) in [7, 11) is -4.57. The maximum absolute atomic E-state index is 11.4. The number of carbonyl (C=O) groups is 1. The van der Waals surface area contributed by atoms with E-state index in [0.717, 1.165) is 6.07 Å². The molecule has 2 amide bonds. The molecule has 0 saturated heterocycles. The molecule has 0 fully saturated rings. The van der Waals surface area contributed by atoms with Gasteiger partial charge in [0.1, 0.15) is 4.90 Å². The van der Waals surface area contributed by atoms with Crippen LogP contribution in [0.3, 0.4) is 0 Å². The van der Waals surface area contributed by atoms with Crippen molar-refractivity contribution in [2.45, 2.75) is 11.8 Å². The highest BCUT2D eigenvalue weighted by atomic mass is 32.2. The van der Waals surface area contributed by atoms with Gasteiger partial charge in [0.2, 0.25) is 0 Å². The van der Waals surface area contributed by atoms with Gasteiger partial charge in [-0.1, -0.05) is 0 Å². The molecule has 1 rings (SSSR count). The van der Waals surface area contributed by atoms with Crippen molar-refractivity contribution < 1.29 is 22.9 Å². The number of aromatic hydroxyl groups is 1. The molecular weight excluding hydrogens is 274 g/mol. The number of aryl methyl sites for hydroxylation is 1. The Morgan fingerprint density at radius 3 is 2.58 bits per heavy atom. The lowest BCUT2D eigenvalue weighted by atomic mass is 10.2. The molecule has 0 unspecified atom stereocenters. The predicted molar refractivity (Wildman–Crippen MR) is 68.7 cm³/mol. The number of benzene rings is 1. The average Bonchev–Trinajstić information content (AvgIpc) is 2.29. The van der Waals surface area contributed by atoms with Crippen molar-refractivity contribution in [1.29, 1.82) is 0 Å². The Morgan fingerprint density at radius 2 is 2.05 bits per heavy atom. The third-order valence-corrected chi connectivity index (χ3v) is 3.04. The minimum absolute atomic E-state index is 0.123. The highest BCUT2D eigenvalue weighted by molar-refractivity contribution is 7.86. The molecule has 0 aliphatic heterocycles. The molecule has 0 spiro atoms. The summed E-state index contributed by atoms with van der Waals surface area (Å²) in [5, 5.41) is 14.4. The molecular formula is C10H15N3O5S. The largest absolute Gasteiger partial charge is 0.504 e. The van der Waals surface area contributed by atoms with Gasteiger partial charge in [-0.2, -0.15) is 8.42 Å². The number of urea groups is 1. The fourth-order valence-corrected chi connectivity index (χ4v) is 2.08. The van der Waals surface area contributed by atoms with Crippen molar-refractivity contribution in [3.05, 3.63) is 17.7 Å². The summed E-state index contributed by atoms with van der Waals surface area (Å²) in [5.41, 5.74) is 5.52. The number of carbonyl (C=O) groups excluding carboxylic acids is 1. The van der Waals surface area contributed by atoms with Gasteiger partial charge in [0.05, 0.1) is 5.69 Å². The van der Waals surface area contributed by atoms with Crippen LogP contribution in [-0.2, 0) is 10.1 Å². The minimum atomic E-state index is -4.57. The molecule has 1 aromatic carbocycles. The summed E-state index contributed by atoms with van der Waals surface area (Å²) in [6.45, 7) is 2.02. The van der Waals surface area contributed by atoms with E-state index < -0.39 is 26.8 Å². The number of nitrogens with two attached hydrogens (primary N) is 1. The lowest BCUT2D eigenvalue weighted by molar-refractivity contribution is 0.252. The zero-order valence-corrected chi connectivity index (χ0v) is 11.0. The number of anilines is 1. The molecule has 0 heterocycles. The normalized spacial score (nSPS) is 11.1. The van der Waals surface area contributed by atoms with Crippen LogP contribution in [-0.4, -0.2) is 37.2 Å². The summed E-state index contributed by atoms with van der Waals surface area (Å²) < 4.78 is 31.1. The first-order chi connectivity index (χ1) is 8.75. The van der Waals surface area contributed by atoms with Gasteiger partial charge in [0.25, 0.3) is 10.1 Å². The lowest BCUT2D eigenvalue weighted by Crippen LogP contribution is -2.32. The number of phenols is 1. The SMILES string of the molecule is Cc1cc(NC(=O)NCCN)c(O)c(S(=O)(=O)O)c1. The number of rotatable bonds is 4. The molecule has 9 heteroatoms. The van der Waals surface area contributed by atoms with Crippen LogP contribution in [0.4, 0.5) is 10.5 Å². The summed E-state index contributed by atoms with van der Waals surface area (Å²) in [5.74, 6) is -0.726. The molecule has 106 valence electrons. The fourth-order valence-electron chi connectivity index (χ4n) is 1.39. The fraction of sp³-hybridized carbons (Fsp3) is 0.300. The Balaban J connectivity index is 3.09. The zero-order chi connectivity index (χ0) is 14.6. The average molecular weight is 289 g/mol. The molecule has 0 aromatic heterocycles. The second-order valence-electron chi connectivity index (χ2n) is 3.80. The number of phenolic OH excluding ortho intramolecular Hbond substituents is 1.